The Morgan fingerprint density at radius 3 is 2.42 bits per heavy atom. The molecule has 0 aromatic heterocycles. The highest BCUT2D eigenvalue weighted by Gasteiger charge is 2.34. The third-order valence-corrected chi connectivity index (χ3v) is 2.56. The largest absolute Gasteiger partial charge is 0.389 e. The summed E-state index contributed by atoms with van der Waals surface area (Å²) < 4.78 is 5.50. The molecule has 1 fully saturated rings. The Balaban J connectivity index is 2.60. The van der Waals surface area contributed by atoms with Gasteiger partial charge in [-0.2, -0.15) is 0 Å². The monoisotopic (exact) mass is 173 g/mol. The van der Waals surface area contributed by atoms with Gasteiger partial charge in [0, 0.05) is 6.04 Å². The number of aliphatic hydroxyl groups is 1. The Labute approximate surface area is 74.3 Å². The van der Waals surface area contributed by atoms with E-state index in [-0.39, 0.29) is 24.4 Å². The molecule has 1 aliphatic heterocycles. The van der Waals surface area contributed by atoms with E-state index in [9.17, 15) is 5.11 Å². The van der Waals surface area contributed by atoms with E-state index in [2.05, 4.69) is 11.8 Å². The van der Waals surface area contributed by atoms with E-state index in [1.165, 1.54) is 0 Å². The average Bonchev–Trinajstić information content (AvgIpc) is 1.96. The zero-order valence-corrected chi connectivity index (χ0v) is 8.32. The zero-order valence-electron chi connectivity index (χ0n) is 8.32. The smallest absolute Gasteiger partial charge is 0.0954 e. The van der Waals surface area contributed by atoms with Crippen molar-refractivity contribution in [1.29, 1.82) is 0 Å². The van der Waals surface area contributed by atoms with Crippen molar-refractivity contribution in [3.8, 4) is 0 Å². The molecule has 0 amide bonds. The summed E-state index contributed by atoms with van der Waals surface area (Å²) in [6, 6.07) is 0.240. The Hall–Kier alpha value is -0.120. The zero-order chi connectivity index (χ0) is 9.30. The molecule has 0 aliphatic carbocycles. The van der Waals surface area contributed by atoms with Gasteiger partial charge in [-0.3, -0.25) is 0 Å². The molecule has 0 aromatic rings. The van der Waals surface area contributed by atoms with E-state index in [0.29, 0.717) is 0 Å². The topological polar surface area (TPSA) is 32.7 Å². The molecule has 0 aromatic carbocycles. The van der Waals surface area contributed by atoms with Crippen molar-refractivity contribution in [2.45, 2.75) is 44.6 Å². The van der Waals surface area contributed by atoms with Crippen LogP contribution in [0.5, 0.6) is 0 Å². The fourth-order valence-corrected chi connectivity index (χ4v) is 1.81. The lowest BCUT2D eigenvalue weighted by Crippen LogP contribution is -2.52. The molecule has 0 saturated carbocycles. The summed E-state index contributed by atoms with van der Waals surface area (Å²) >= 11 is 0. The quantitative estimate of drug-likeness (QED) is 0.626. The third kappa shape index (κ3) is 1.97. The maximum Gasteiger partial charge on any atom is 0.0954 e. The second-order valence-corrected chi connectivity index (χ2v) is 3.91. The molecule has 1 aliphatic rings. The van der Waals surface area contributed by atoms with Crippen molar-refractivity contribution in [2.24, 2.45) is 0 Å². The predicted octanol–water partition coefficient (Wildman–Crippen LogP) is 0.475. The molecular formula is C9H19NO2. The minimum Gasteiger partial charge on any atom is -0.389 e. The van der Waals surface area contributed by atoms with Crippen LogP contribution < -0.4 is 0 Å². The Kier molecular flexibility index (Phi) is 3.09. The van der Waals surface area contributed by atoms with Crippen LogP contribution in [0.15, 0.2) is 0 Å². The highest BCUT2D eigenvalue weighted by Crippen LogP contribution is 2.22. The predicted molar refractivity (Wildman–Crippen MR) is 48.1 cm³/mol. The van der Waals surface area contributed by atoms with Gasteiger partial charge in [-0.1, -0.05) is 0 Å². The molecule has 1 heterocycles. The molecule has 3 nitrogen and oxygen atoms in total. The summed E-state index contributed by atoms with van der Waals surface area (Å²) in [7, 11) is 4.00. The number of rotatable bonds is 1. The van der Waals surface area contributed by atoms with Crippen LogP contribution in [0, 0.1) is 0 Å². The summed E-state index contributed by atoms with van der Waals surface area (Å²) in [5.74, 6) is 0. The van der Waals surface area contributed by atoms with Gasteiger partial charge in [0.25, 0.3) is 0 Å². The number of hydrogen-bond acceptors (Lipinski definition) is 3. The van der Waals surface area contributed by atoms with Gasteiger partial charge in [-0.25, -0.2) is 0 Å². The summed E-state index contributed by atoms with van der Waals surface area (Å²) in [4.78, 5) is 2.07. The van der Waals surface area contributed by atoms with Crippen LogP contribution in [0.2, 0.25) is 0 Å². The molecule has 0 bridgehead atoms. The van der Waals surface area contributed by atoms with Gasteiger partial charge in [0.1, 0.15) is 0 Å². The number of hydrogen-bond donors (Lipinski definition) is 1. The van der Waals surface area contributed by atoms with E-state index < -0.39 is 0 Å². The molecule has 1 saturated heterocycles. The molecule has 1 rings (SSSR count). The van der Waals surface area contributed by atoms with Crippen LogP contribution >= 0.6 is 0 Å². The Morgan fingerprint density at radius 2 is 1.92 bits per heavy atom. The second kappa shape index (κ2) is 3.73. The summed E-state index contributed by atoms with van der Waals surface area (Å²) in [5, 5.41) is 9.76. The van der Waals surface area contributed by atoms with Crippen molar-refractivity contribution in [1.82, 2.24) is 4.90 Å². The fourth-order valence-electron chi connectivity index (χ4n) is 1.81. The van der Waals surface area contributed by atoms with Gasteiger partial charge >= 0.3 is 0 Å². The van der Waals surface area contributed by atoms with Crippen molar-refractivity contribution in [2.75, 3.05) is 14.1 Å². The number of likely N-dealkylation sites (N-methyl/N-ethyl adjacent to an activating group) is 1. The van der Waals surface area contributed by atoms with E-state index >= 15 is 0 Å². The van der Waals surface area contributed by atoms with E-state index in [1.807, 2.05) is 21.0 Å². The molecule has 3 heteroatoms. The van der Waals surface area contributed by atoms with Crippen LogP contribution in [0.3, 0.4) is 0 Å². The van der Waals surface area contributed by atoms with Crippen LogP contribution in [-0.2, 0) is 4.74 Å². The van der Waals surface area contributed by atoms with Crippen molar-refractivity contribution < 1.29 is 9.84 Å². The first-order valence-corrected chi connectivity index (χ1v) is 4.52. The molecule has 0 unspecified atom stereocenters. The Bertz CT molecular complexity index is 149. The summed E-state index contributed by atoms with van der Waals surface area (Å²) in [5.41, 5.74) is 0. The first kappa shape index (κ1) is 9.96. The van der Waals surface area contributed by atoms with Crippen molar-refractivity contribution in [3.63, 3.8) is 0 Å². The highest BCUT2D eigenvalue weighted by molar-refractivity contribution is 4.86. The molecular weight excluding hydrogens is 154 g/mol. The SMILES string of the molecule is C[C@@H]1C[C@H](N(C)C)[C@@H](O)[C@@H](C)O1. The van der Waals surface area contributed by atoms with Crippen LogP contribution in [0.4, 0.5) is 0 Å². The van der Waals surface area contributed by atoms with Crippen LogP contribution in [0.1, 0.15) is 20.3 Å². The molecule has 12 heavy (non-hydrogen) atoms. The minimum absolute atomic E-state index is 0.0406. The lowest BCUT2D eigenvalue weighted by molar-refractivity contribution is -0.134. The fraction of sp³-hybridized carbons (Fsp3) is 1.00. The first-order chi connectivity index (χ1) is 5.52. The minimum atomic E-state index is -0.351. The van der Waals surface area contributed by atoms with Crippen molar-refractivity contribution in [3.05, 3.63) is 0 Å². The number of nitrogens with zero attached hydrogens (tertiary/aromatic N) is 1. The average molecular weight is 173 g/mol. The number of aliphatic hydroxyl groups excluding tert-OH is 1. The van der Waals surface area contributed by atoms with E-state index in [0.717, 1.165) is 6.42 Å². The molecule has 0 radical (unpaired) electrons. The third-order valence-electron chi connectivity index (χ3n) is 2.56. The summed E-state index contributed by atoms with van der Waals surface area (Å²) in [6.45, 7) is 3.98. The molecule has 0 spiro atoms. The first-order valence-electron chi connectivity index (χ1n) is 4.52. The van der Waals surface area contributed by atoms with Gasteiger partial charge in [-0.15, -0.1) is 0 Å². The van der Waals surface area contributed by atoms with E-state index in [1.54, 1.807) is 0 Å². The standard InChI is InChI=1S/C9H19NO2/c1-6-5-8(10(3)4)9(11)7(2)12-6/h6-9,11H,5H2,1-4H3/t6-,7-,8+,9+/m1/s1. The van der Waals surface area contributed by atoms with Crippen LogP contribution in [0.25, 0.3) is 0 Å². The number of ether oxygens (including phenoxy) is 1. The Morgan fingerprint density at radius 1 is 1.33 bits per heavy atom. The second-order valence-electron chi connectivity index (χ2n) is 3.91. The van der Waals surface area contributed by atoms with Gasteiger partial charge < -0.3 is 14.7 Å². The lowest BCUT2D eigenvalue weighted by atomic mass is 9.96. The van der Waals surface area contributed by atoms with Gasteiger partial charge in [0.2, 0.25) is 0 Å². The molecule has 1 N–H and O–H groups in total. The maximum absolute atomic E-state index is 9.76. The van der Waals surface area contributed by atoms with Crippen LogP contribution in [-0.4, -0.2) is 48.5 Å². The van der Waals surface area contributed by atoms with Crippen molar-refractivity contribution >= 4 is 0 Å². The maximum atomic E-state index is 9.76. The molecule has 4 atom stereocenters. The van der Waals surface area contributed by atoms with E-state index in [4.69, 9.17) is 4.74 Å². The van der Waals surface area contributed by atoms with Gasteiger partial charge in [-0.05, 0) is 34.4 Å². The van der Waals surface area contributed by atoms with Gasteiger partial charge in [0.05, 0.1) is 18.3 Å². The van der Waals surface area contributed by atoms with Gasteiger partial charge in [0.15, 0.2) is 0 Å². The highest BCUT2D eigenvalue weighted by atomic mass is 16.5. The lowest BCUT2D eigenvalue weighted by Gasteiger charge is -2.40. The molecule has 72 valence electrons. The normalized spacial score (nSPS) is 43.5. The summed E-state index contributed by atoms with van der Waals surface area (Å²) in [6.07, 6.45) is 0.784.